The first-order valence-corrected chi connectivity index (χ1v) is 26.3. The molecule has 3 aromatic rings. The molecule has 0 bridgehead atoms. The van der Waals surface area contributed by atoms with Crippen molar-refractivity contribution in [1.82, 2.24) is 20.2 Å². The lowest BCUT2D eigenvalue weighted by molar-refractivity contribution is -0.120. The van der Waals surface area contributed by atoms with Gasteiger partial charge in [0.15, 0.2) is 0 Å². The highest BCUT2D eigenvalue weighted by molar-refractivity contribution is 7.44. The molecule has 2 heterocycles. The first-order chi connectivity index (χ1) is 35.2. The third-order valence-electron chi connectivity index (χ3n) is 12.2. The van der Waals surface area contributed by atoms with Crippen LogP contribution >= 0.6 is 8.53 Å². The summed E-state index contributed by atoms with van der Waals surface area (Å²) in [6, 6.07) is 26.0. The molecule has 0 radical (unpaired) electrons. The summed E-state index contributed by atoms with van der Waals surface area (Å²) < 4.78 is 52.8. The highest BCUT2D eigenvalue weighted by Gasteiger charge is 2.46. The monoisotopic (exact) mass is 1030 g/mol. The predicted octanol–water partition coefficient (Wildman–Crippen LogP) is 9.22. The van der Waals surface area contributed by atoms with E-state index in [1.165, 1.54) is 0 Å². The Morgan fingerprint density at radius 3 is 2.15 bits per heavy atom. The number of Topliss-reactive ketones (excluding diaryl/α,β-unsaturated/α-hetero) is 1. The number of ether oxygens (including phenoxy) is 6. The highest BCUT2D eigenvalue weighted by atomic mass is 31.2. The SMILES string of the molecule is [C-]#[N+]CCOP(OC1C[C@H](N2C=C(C)C(=O)NC2=C)O[C@@H]1COC(c1ccccc1)(c1ccc(OC)cc1)c1ccc(OCCCCC(=O)CCCOCCOCCNC(=O)C(=C)C)cc1)N(C(C)C)C(C)C. The number of nitrogens with one attached hydrogen (secondary N) is 2. The van der Waals surface area contributed by atoms with Crippen LogP contribution in [0.5, 0.6) is 11.5 Å². The van der Waals surface area contributed by atoms with Gasteiger partial charge in [-0.05, 0) is 102 Å². The van der Waals surface area contributed by atoms with Crippen molar-refractivity contribution in [2.24, 2.45) is 0 Å². The lowest BCUT2D eigenvalue weighted by Crippen LogP contribution is -2.43. The van der Waals surface area contributed by atoms with Gasteiger partial charge in [-0.2, -0.15) is 0 Å². The number of carbonyl (C=O) groups is 3. The molecule has 16 nitrogen and oxygen atoms in total. The minimum atomic E-state index is -1.65. The van der Waals surface area contributed by atoms with E-state index in [1.807, 2.05) is 83.8 Å². The minimum absolute atomic E-state index is 0.0741. The van der Waals surface area contributed by atoms with E-state index in [0.29, 0.717) is 107 Å². The number of amides is 2. The van der Waals surface area contributed by atoms with Crippen LogP contribution in [0.4, 0.5) is 0 Å². The molecule has 5 rings (SSSR count). The van der Waals surface area contributed by atoms with Crippen molar-refractivity contribution >= 4 is 26.1 Å². The summed E-state index contributed by atoms with van der Waals surface area (Å²) >= 11 is 0. The van der Waals surface area contributed by atoms with Gasteiger partial charge in [0.2, 0.25) is 12.5 Å². The molecule has 5 atom stereocenters. The summed E-state index contributed by atoms with van der Waals surface area (Å²) in [5.41, 5.74) is 2.38. The standard InChI is InChI=1S/C56H76N5O11P/c1-40(2)54(63)58-30-33-67-36-35-66-31-16-20-48(62)19-14-15-32-68-50-27-23-47(24-28-50)56(45-17-12-11-13-18-45,46-21-25-49(65-10)26-22-46)69-39-52-51(37-53(71-52)60-38-43(7)55(64)59-44(60)8)72-73(70-34-29-57-9)61(41(3)4)42(5)6/h11-13,17-18,21-28,38,41-42,51-53H,1,8,14-16,19-20,29-37,39H2,2-7,10H3,(H,58,63)(H,59,64)/t51?,52-,53-,56?,73?/m1/s1. The van der Waals surface area contributed by atoms with Gasteiger partial charge in [-0.3, -0.25) is 14.4 Å². The molecule has 2 amide bonds. The fourth-order valence-electron chi connectivity index (χ4n) is 8.50. The van der Waals surface area contributed by atoms with Crippen molar-refractivity contribution in [3.8, 4) is 11.5 Å². The number of carbonyl (C=O) groups excluding carboxylic acids is 3. The lowest BCUT2D eigenvalue weighted by atomic mass is 9.80. The maximum absolute atomic E-state index is 12.6. The molecular weight excluding hydrogens is 950 g/mol. The zero-order valence-corrected chi connectivity index (χ0v) is 44.7. The number of hydrogen-bond donors (Lipinski definition) is 2. The number of unbranched alkanes of at least 4 members (excludes halogenated alkanes) is 1. The topological polar surface area (TPSA) is 160 Å². The number of nitrogens with zero attached hydrogens (tertiary/aromatic N) is 3. The molecule has 2 N–H and O–H groups in total. The van der Waals surface area contributed by atoms with Crippen molar-refractivity contribution in [3.63, 3.8) is 0 Å². The van der Waals surface area contributed by atoms with Gasteiger partial charge >= 0.3 is 0 Å². The van der Waals surface area contributed by atoms with Crippen LogP contribution in [0, 0.1) is 6.57 Å². The first kappa shape index (κ1) is 58.4. The number of benzene rings is 3. The third kappa shape index (κ3) is 17.3. The molecule has 1 saturated heterocycles. The van der Waals surface area contributed by atoms with Crippen LogP contribution in [0.15, 0.2) is 115 Å². The highest BCUT2D eigenvalue weighted by Crippen LogP contribution is 2.50. The van der Waals surface area contributed by atoms with E-state index in [0.717, 1.165) is 16.7 Å². The first-order valence-electron chi connectivity index (χ1n) is 25.2. The van der Waals surface area contributed by atoms with Crippen LogP contribution < -0.4 is 20.1 Å². The number of methoxy groups -OCH3 is 1. The Kier molecular flexibility index (Phi) is 24.0. The second-order valence-corrected chi connectivity index (χ2v) is 19.9. The lowest BCUT2D eigenvalue weighted by Gasteiger charge is -2.39. The Bertz CT molecular complexity index is 2300. The summed E-state index contributed by atoms with van der Waals surface area (Å²) in [6.07, 6.45) is 3.43. The van der Waals surface area contributed by atoms with Gasteiger partial charge in [-0.15, -0.1) is 0 Å². The number of rotatable bonds is 33. The summed E-state index contributed by atoms with van der Waals surface area (Å²) in [5, 5.41) is 5.57. The molecule has 0 aliphatic carbocycles. The molecule has 396 valence electrons. The molecular formula is C56H76N5O11P. The summed E-state index contributed by atoms with van der Waals surface area (Å²) in [5.74, 6) is 1.56. The Morgan fingerprint density at radius 1 is 0.890 bits per heavy atom. The molecule has 1 fully saturated rings. The molecule has 0 spiro atoms. The summed E-state index contributed by atoms with van der Waals surface area (Å²) in [7, 11) is -0.0145. The van der Waals surface area contributed by atoms with Crippen LogP contribution in [0.2, 0.25) is 0 Å². The van der Waals surface area contributed by atoms with Gasteiger partial charge in [0.05, 0.1) is 46.2 Å². The normalized spacial score (nSPS) is 18.0. The molecule has 3 aromatic carbocycles. The van der Waals surface area contributed by atoms with Crippen LogP contribution in [0.25, 0.3) is 4.85 Å². The van der Waals surface area contributed by atoms with Crippen molar-refractivity contribution in [1.29, 1.82) is 0 Å². The van der Waals surface area contributed by atoms with Crippen LogP contribution in [0.3, 0.4) is 0 Å². The second-order valence-electron chi connectivity index (χ2n) is 18.5. The maximum atomic E-state index is 12.6. The average molecular weight is 1030 g/mol. The van der Waals surface area contributed by atoms with Gasteiger partial charge in [-0.1, -0.05) is 67.8 Å². The number of ketones is 1. The van der Waals surface area contributed by atoms with Crippen LogP contribution in [-0.2, 0) is 48.0 Å². The average Bonchev–Trinajstić information content (AvgIpc) is 3.77. The Balaban J connectivity index is 1.29. The third-order valence-corrected chi connectivity index (χ3v) is 14.3. The fourth-order valence-corrected chi connectivity index (χ4v) is 10.2. The van der Waals surface area contributed by atoms with Gasteiger partial charge in [0, 0.05) is 61.8 Å². The molecule has 3 unspecified atom stereocenters. The molecule has 73 heavy (non-hydrogen) atoms. The van der Waals surface area contributed by atoms with E-state index < -0.39 is 32.6 Å². The Morgan fingerprint density at radius 2 is 1.52 bits per heavy atom. The Hall–Kier alpha value is -5.47. The van der Waals surface area contributed by atoms with Crippen LogP contribution in [-0.4, -0.2) is 124 Å². The molecule has 17 heteroatoms. The van der Waals surface area contributed by atoms with E-state index in [1.54, 1.807) is 27.2 Å². The van der Waals surface area contributed by atoms with Crippen molar-refractivity contribution in [2.45, 2.75) is 116 Å². The second kappa shape index (κ2) is 30.0. The quantitative estimate of drug-likeness (QED) is 0.0196. The number of hydrogen-bond acceptors (Lipinski definition) is 13. The minimum Gasteiger partial charge on any atom is -0.497 e. The molecule has 0 saturated carbocycles. The van der Waals surface area contributed by atoms with E-state index >= 15 is 0 Å². The van der Waals surface area contributed by atoms with Crippen molar-refractivity contribution < 1.29 is 51.9 Å². The maximum Gasteiger partial charge on any atom is 0.259 e. The van der Waals surface area contributed by atoms with Gasteiger partial charge < -0.3 is 57.8 Å². The van der Waals surface area contributed by atoms with Gasteiger partial charge in [0.1, 0.15) is 47.6 Å². The smallest absolute Gasteiger partial charge is 0.259 e. The molecule has 2 aliphatic heterocycles. The van der Waals surface area contributed by atoms with E-state index in [4.69, 9.17) is 44.0 Å². The summed E-state index contributed by atoms with van der Waals surface area (Å²) in [4.78, 5) is 42.1. The zero-order valence-electron chi connectivity index (χ0n) is 43.8. The van der Waals surface area contributed by atoms with Crippen molar-refractivity contribution in [3.05, 3.63) is 143 Å². The van der Waals surface area contributed by atoms with E-state index in [2.05, 4.69) is 61.0 Å². The predicted molar refractivity (Wildman–Crippen MR) is 282 cm³/mol. The van der Waals surface area contributed by atoms with Gasteiger partial charge in [0.25, 0.3) is 14.4 Å². The largest absolute Gasteiger partial charge is 0.497 e. The molecule has 0 aromatic heterocycles. The van der Waals surface area contributed by atoms with Crippen molar-refractivity contribution in [2.75, 3.05) is 66.4 Å². The Labute approximate surface area is 434 Å². The van der Waals surface area contributed by atoms with E-state index in [-0.39, 0.29) is 49.4 Å². The zero-order chi connectivity index (χ0) is 52.8. The fraction of sp³-hybridized carbons (Fsp3) is 0.500. The summed E-state index contributed by atoms with van der Waals surface area (Å²) in [6.45, 7) is 30.0. The van der Waals surface area contributed by atoms with Gasteiger partial charge in [-0.25, -0.2) is 11.2 Å². The van der Waals surface area contributed by atoms with Crippen LogP contribution in [0.1, 0.15) is 96.8 Å². The molecule has 2 aliphatic rings. The van der Waals surface area contributed by atoms with E-state index in [9.17, 15) is 14.4 Å².